The van der Waals surface area contributed by atoms with Crippen molar-refractivity contribution < 1.29 is 5.11 Å². The number of aromatic nitrogens is 3. The van der Waals surface area contributed by atoms with Gasteiger partial charge in [-0.05, 0) is 43.2 Å². The van der Waals surface area contributed by atoms with Crippen molar-refractivity contribution in [2.75, 3.05) is 5.32 Å². The second kappa shape index (κ2) is 5.70. The number of anilines is 1. The highest BCUT2D eigenvalue weighted by Crippen LogP contribution is 2.28. The lowest BCUT2D eigenvalue weighted by Gasteiger charge is -2.26. The van der Waals surface area contributed by atoms with Gasteiger partial charge < -0.3 is 10.4 Å². The normalized spacial score (nSPS) is 22.0. The largest absolute Gasteiger partial charge is 0.393 e. The van der Waals surface area contributed by atoms with Gasteiger partial charge in [-0.1, -0.05) is 6.07 Å². The van der Waals surface area contributed by atoms with Crippen LogP contribution < -0.4 is 5.32 Å². The molecule has 0 spiro atoms. The van der Waals surface area contributed by atoms with E-state index in [0.29, 0.717) is 6.04 Å². The molecule has 3 aromatic rings. The maximum absolute atomic E-state index is 9.59. The lowest BCUT2D eigenvalue weighted by molar-refractivity contribution is 0.126. The van der Waals surface area contributed by atoms with Gasteiger partial charge in [-0.15, -0.1) is 11.3 Å². The zero-order chi connectivity index (χ0) is 14.9. The number of nitrogens with one attached hydrogen (secondary N) is 1. The average molecular weight is 314 g/mol. The van der Waals surface area contributed by atoms with E-state index in [1.807, 2.05) is 29.0 Å². The van der Waals surface area contributed by atoms with Gasteiger partial charge >= 0.3 is 0 Å². The molecule has 0 aromatic carbocycles. The molecule has 0 radical (unpaired) electrons. The molecule has 3 heterocycles. The third-order valence-electron chi connectivity index (χ3n) is 4.20. The summed E-state index contributed by atoms with van der Waals surface area (Å²) in [6, 6.07) is 6.49. The number of aliphatic hydroxyl groups excluding tert-OH is 1. The van der Waals surface area contributed by atoms with E-state index in [9.17, 15) is 5.11 Å². The molecule has 0 aliphatic heterocycles. The minimum atomic E-state index is -0.131. The molecule has 0 atom stereocenters. The van der Waals surface area contributed by atoms with Crippen molar-refractivity contribution in [3.8, 4) is 10.4 Å². The summed E-state index contributed by atoms with van der Waals surface area (Å²) in [6.45, 7) is 0. The molecule has 5 nitrogen and oxygen atoms in total. The molecule has 1 saturated carbocycles. The first-order valence-corrected chi connectivity index (χ1v) is 8.50. The van der Waals surface area contributed by atoms with Crippen LogP contribution in [0.2, 0.25) is 0 Å². The van der Waals surface area contributed by atoms with E-state index in [2.05, 4.69) is 21.9 Å². The van der Waals surface area contributed by atoms with Crippen molar-refractivity contribution in [2.45, 2.75) is 37.8 Å². The molecule has 1 aliphatic carbocycles. The van der Waals surface area contributed by atoms with Gasteiger partial charge in [0.05, 0.1) is 17.9 Å². The smallest absolute Gasteiger partial charge is 0.165 e. The topological polar surface area (TPSA) is 62.5 Å². The summed E-state index contributed by atoms with van der Waals surface area (Å²) in [5.41, 5.74) is 1.95. The third-order valence-corrected chi connectivity index (χ3v) is 5.11. The molecule has 0 bridgehead atoms. The van der Waals surface area contributed by atoms with Gasteiger partial charge in [0.15, 0.2) is 5.65 Å². The van der Waals surface area contributed by atoms with Crippen molar-refractivity contribution >= 4 is 22.8 Å². The van der Waals surface area contributed by atoms with Crippen LogP contribution in [0.3, 0.4) is 0 Å². The van der Waals surface area contributed by atoms with E-state index >= 15 is 0 Å². The van der Waals surface area contributed by atoms with Crippen molar-refractivity contribution in [1.29, 1.82) is 0 Å². The SMILES string of the molecule is OC1CCC(Nc2ccn3ncc(-c4cccs4)c3n2)CC1. The Bertz CT molecular complexity index is 760. The van der Waals surface area contributed by atoms with E-state index in [0.717, 1.165) is 42.7 Å². The minimum absolute atomic E-state index is 0.131. The van der Waals surface area contributed by atoms with Crippen molar-refractivity contribution in [3.05, 3.63) is 36.0 Å². The van der Waals surface area contributed by atoms with Crippen LogP contribution in [0.5, 0.6) is 0 Å². The van der Waals surface area contributed by atoms with Crippen LogP contribution in [0.25, 0.3) is 16.1 Å². The fourth-order valence-corrected chi connectivity index (χ4v) is 3.72. The van der Waals surface area contributed by atoms with Crippen molar-refractivity contribution in [1.82, 2.24) is 14.6 Å². The van der Waals surface area contributed by atoms with Crippen LogP contribution in [0.15, 0.2) is 36.0 Å². The maximum Gasteiger partial charge on any atom is 0.165 e. The predicted molar refractivity (Wildman–Crippen MR) is 88.2 cm³/mol. The van der Waals surface area contributed by atoms with Gasteiger partial charge in [0.25, 0.3) is 0 Å². The molecular formula is C16H18N4OS. The summed E-state index contributed by atoms with van der Waals surface area (Å²) in [7, 11) is 0. The second-order valence-corrected chi connectivity index (χ2v) is 6.71. The Morgan fingerprint density at radius 2 is 2.09 bits per heavy atom. The highest BCUT2D eigenvalue weighted by Gasteiger charge is 2.19. The number of fused-ring (bicyclic) bond motifs is 1. The molecular weight excluding hydrogens is 296 g/mol. The Kier molecular flexibility index (Phi) is 3.56. The van der Waals surface area contributed by atoms with Crippen LogP contribution in [0.1, 0.15) is 25.7 Å². The quantitative estimate of drug-likeness (QED) is 0.779. The van der Waals surface area contributed by atoms with Crippen LogP contribution >= 0.6 is 11.3 Å². The first-order valence-electron chi connectivity index (χ1n) is 7.62. The number of thiophene rings is 1. The van der Waals surface area contributed by atoms with Gasteiger partial charge in [-0.3, -0.25) is 0 Å². The number of hydrogen-bond acceptors (Lipinski definition) is 5. The van der Waals surface area contributed by atoms with Gasteiger partial charge in [-0.2, -0.15) is 5.10 Å². The highest BCUT2D eigenvalue weighted by molar-refractivity contribution is 7.13. The summed E-state index contributed by atoms with van der Waals surface area (Å²) in [4.78, 5) is 5.92. The second-order valence-electron chi connectivity index (χ2n) is 5.77. The van der Waals surface area contributed by atoms with E-state index in [1.54, 1.807) is 11.3 Å². The van der Waals surface area contributed by atoms with Crippen LogP contribution in [0, 0.1) is 0 Å². The molecule has 3 aromatic heterocycles. The van der Waals surface area contributed by atoms with E-state index in [4.69, 9.17) is 4.98 Å². The molecule has 22 heavy (non-hydrogen) atoms. The van der Waals surface area contributed by atoms with E-state index in [1.165, 1.54) is 4.88 Å². The van der Waals surface area contributed by atoms with Crippen LogP contribution in [-0.2, 0) is 0 Å². The van der Waals surface area contributed by atoms with E-state index < -0.39 is 0 Å². The summed E-state index contributed by atoms with van der Waals surface area (Å²) in [6.07, 6.45) is 7.40. The Labute approximate surface area is 132 Å². The first-order chi connectivity index (χ1) is 10.8. The summed E-state index contributed by atoms with van der Waals surface area (Å²) >= 11 is 1.70. The Balaban J connectivity index is 1.61. The zero-order valence-corrected chi connectivity index (χ0v) is 13.0. The number of hydrogen-bond donors (Lipinski definition) is 2. The molecule has 0 amide bonds. The Morgan fingerprint density at radius 1 is 1.23 bits per heavy atom. The standard InChI is InChI=1S/C16H18N4OS/c21-12-5-3-11(4-6-12)18-15-7-8-20-16(19-15)13(10-17-20)14-2-1-9-22-14/h1-2,7-12,21H,3-6H2,(H,18,19). The van der Waals surface area contributed by atoms with Crippen LogP contribution in [0.4, 0.5) is 5.82 Å². The predicted octanol–water partition coefficient (Wildman–Crippen LogP) is 3.17. The minimum Gasteiger partial charge on any atom is -0.393 e. The van der Waals surface area contributed by atoms with Gasteiger partial charge in [0, 0.05) is 17.1 Å². The molecule has 1 fully saturated rings. The lowest BCUT2D eigenvalue weighted by atomic mass is 9.93. The fourth-order valence-electron chi connectivity index (χ4n) is 2.98. The highest BCUT2D eigenvalue weighted by atomic mass is 32.1. The maximum atomic E-state index is 9.59. The molecule has 4 rings (SSSR count). The fraction of sp³-hybridized carbons (Fsp3) is 0.375. The molecule has 0 saturated heterocycles. The number of nitrogens with zero attached hydrogens (tertiary/aromatic N) is 3. The Morgan fingerprint density at radius 3 is 2.86 bits per heavy atom. The van der Waals surface area contributed by atoms with Gasteiger partial charge in [0.1, 0.15) is 5.82 Å². The number of aliphatic hydroxyl groups is 1. The molecule has 0 unspecified atom stereocenters. The van der Waals surface area contributed by atoms with Gasteiger partial charge in [0.2, 0.25) is 0 Å². The summed E-state index contributed by atoms with van der Waals surface area (Å²) in [5, 5.41) is 19.5. The average Bonchev–Trinajstić information content (AvgIpc) is 3.18. The van der Waals surface area contributed by atoms with Crippen molar-refractivity contribution in [3.63, 3.8) is 0 Å². The summed E-state index contributed by atoms with van der Waals surface area (Å²) in [5.74, 6) is 0.882. The van der Waals surface area contributed by atoms with Gasteiger partial charge in [-0.25, -0.2) is 9.50 Å². The van der Waals surface area contributed by atoms with Crippen molar-refractivity contribution in [2.24, 2.45) is 0 Å². The molecule has 1 aliphatic rings. The summed E-state index contributed by atoms with van der Waals surface area (Å²) < 4.78 is 1.81. The number of rotatable bonds is 3. The molecule has 2 N–H and O–H groups in total. The van der Waals surface area contributed by atoms with E-state index in [-0.39, 0.29) is 6.10 Å². The Hall–Kier alpha value is -1.92. The van der Waals surface area contributed by atoms with Crippen LogP contribution in [-0.4, -0.2) is 31.9 Å². The zero-order valence-electron chi connectivity index (χ0n) is 12.1. The molecule has 6 heteroatoms. The molecule has 114 valence electrons. The third kappa shape index (κ3) is 2.60. The first kappa shape index (κ1) is 13.7. The lowest BCUT2D eigenvalue weighted by Crippen LogP contribution is -2.28. The monoisotopic (exact) mass is 314 g/mol.